The van der Waals surface area contributed by atoms with Crippen LogP contribution in [-0.4, -0.2) is 61.0 Å². The van der Waals surface area contributed by atoms with E-state index in [0.717, 1.165) is 31.2 Å². The average Bonchev–Trinajstić information content (AvgIpc) is 3.65. The van der Waals surface area contributed by atoms with E-state index in [-0.39, 0.29) is 24.3 Å². The summed E-state index contributed by atoms with van der Waals surface area (Å²) in [6.07, 6.45) is 3.50. The van der Waals surface area contributed by atoms with Gasteiger partial charge >= 0.3 is 12.0 Å². The number of urea groups is 1. The van der Waals surface area contributed by atoms with Gasteiger partial charge in [0.25, 0.3) is 0 Å². The van der Waals surface area contributed by atoms with Crippen molar-refractivity contribution in [3.05, 3.63) is 48.5 Å². The molecule has 188 valence electrons. The molecular formula is C24H26N6O6. The fraction of sp³-hybridized carbons (Fsp3) is 0.458. The number of carboxylic acid groups (broad SMARTS) is 1. The summed E-state index contributed by atoms with van der Waals surface area (Å²) >= 11 is 0. The minimum atomic E-state index is -0.997. The summed E-state index contributed by atoms with van der Waals surface area (Å²) in [7, 11) is 0. The lowest BCUT2D eigenvalue weighted by atomic mass is 10.1. The summed E-state index contributed by atoms with van der Waals surface area (Å²) in [6.45, 7) is 0. The first-order valence-corrected chi connectivity index (χ1v) is 12.0. The Labute approximate surface area is 206 Å². The summed E-state index contributed by atoms with van der Waals surface area (Å²) in [5.74, 6) is -0.722. The molecule has 6 rings (SSSR count). The number of imidazole rings is 1. The zero-order valence-corrected chi connectivity index (χ0v) is 19.3. The Kier molecular flexibility index (Phi) is 5.99. The van der Waals surface area contributed by atoms with Gasteiger partial charge in [0.05, 0.1) is 18.9 Å². The zero-order chi connectivity index (χ0) is 24.6. The van der Waals surface area contributed by atoms with E-state index in [1.807, 2.05) is 30.3 Å². The fourth-order valence-corrected chi connectivity index (χ4v) is 5.19. The first-order chi connectivity index (χ1) is 17.6. The fourth-order valence-electron chi connectivity index (χ4n) is 5.19. The summed E-state index contributed by atoms with van der Waals surface area (Å²) < 4.78 is 20.1. The van der Waals surface area contributed by atoms with Crippen molar-refractivity contribution in [2.45, 2.75) is 69.0 Å². The monoisotopic (exact) mass is 494 g/mol. The summed E-state index contributed by atoms with van der Waals surface area (Å²) in [6, 6.07) is 9.27. The van der Waals surface area contributed by atoms with Crippen LogP contribution >= 0.6 is 0 Å². The molecule has 2 saturated heterocycles. The highest BCUT2D eigenvalue weighted by Crippen LogP contribution is 2.45. The van der Waals surface area contributed by atoms with Gasteiger partial charge in [0, 0.05) is 11.6 Å². The van der Waals surface area contributed by atoms with Crippen molar-refractivity contribution in [3.8, 4) is 0 Å². The first-order valence-electron chi connectivity index (χ1n) is 12.0. The Balaban J connectivity index is 1.27. The number of rotatable bonds is 6. The molecule has 1 aliphatic carbocycles. The molecule has 2 aliphatic heterocycles. The van der Waals surface area contributed by atoms with Crippen molar-refractivity contribution >= 4 is 29.0 Å². The number of aromatic nitrogens is 4. The normalized spacial score (nSPS) is 27.8. The number of aliphatic carboxylic acids is 1. The van der Waals surface area contributed by atoms with Crippen LogP contribution in [0.5, 0.6) is 0 Å². The van der Waals surface area contributed by atoms with E-state index in [2.05, 4.69) is 25.6 Å². The van der Waals surface area contributed by atoms with E-state index in [4.69, 9.17) is 14.2 Å². The highest BCUT2D eigenvalue weighted by molar-refractivity contribution is 5.96. The van der Waals surface area contributed by atoms with Crippen LogP contribution in [-0.2, 0) is 19.0 Å². The van der Waals surface area contributed by atoms with Gasteiger partial charge in [0.15, 0.2) is 29.5 Å². The maximum Gasteiger partial charge on any atom is 0.320 e. The Morgan fingerprint density at radius 1 is 1.03 bits per heavy atom. The van der Waals surface area contributed by atoms with E-state index in [0.29, 0.717) is 11.2 Å². The number of amides is 2. The Hall–Kier alpha value is -3.61. The first kappa shape index (κ1) is 22.8. The van der Waals surface area contributed by atoms with Crippen molar-refractivity contribution in [3.63, 3.8) is 0 Å². The molecule has 0 spiro atoms. The Bertz CT molecular complexity index is 1260. The quantitative estimate of drug-likeness (QED) is 0.470. The lowest BCUT2D eigenvalue weighted by Crippen LogP contribution is -2.36. The predicted molar refractivity (Wildman–Crippen MR) is 125 cm³/mol. The van der Waals surface area contributed by atoms with E-state index in [1.165, 1.54) is 12.7 Å². The van der Waals surface area contributed by atoms with Gasteiger partial charge in [-0.2, -0.15) is 0 Å². The number of hydrogen-bond acceptors (Lipinski definition) is 8. The molecule has 2 amide bonds. The molecule has 2 aromatic heterocycles. The van der Waals surface area contributed by atoms with Crippen LogP contribution in [0, 0.1) is 0 Å². The van der Waals surface area contributed by atoms with E-state index in [1.54, 1.807) is 4.57 Å². The lowest BCUT2D eigenvalue weighted by molar-refractivity contribution is -0.158. The van der Waals surface area contributed by atoms with Gasteiger partial charge < -0.3 is 24.6 Å². The lowest BCUT2D eigenvalue weighted by Gasteiger charge is -2.21. The summed E-state index contributed by atoms with van der Waals surface area (Å²) in [5, 5.41) is 15.2. The van der Waals surface area contributed by atoms with E-state index < -0.39 is 36.8 Å². The molecule has 3 aliphatic rings. The van der Waals surface area contributed by atoms with Crippen LogP contribution in [0.1, 0.15) is 50.2 Å². The van der Waals surface area contributed by atoms with Gasteiger partial charge in [0.2, 0.25) is 0 Å². The van der Waals surface area contributed by atoms with Gasteiger partial charge in [-0.25, -0.2) is 19.7 Å². The average molecular weight is 495 g/mol. The Morgan fingerprint density at radius 3 is 2.58 bits per heavy atom. The van der Waals surface area contributed by atoms with Crippen molar-refractivity contribution in [2.24, 2.45) is 0 Å². The van der Waals surface area contributed by atoms with E-state index in [9.17, 15) is 14.7 Å². The molecule has 1 saturated carbocycles. The van der Waals surface area contributed by atoms with Crippen LogP contribution in [0.15, 0.2) is 43.0 Å². The van der Waals surface area contributed by atoms with Crippen molar-refractivity contribution in [1.82, 2.24) is 24.8 Å². The second kappa shape index (κ2) is 9.45. The molecular weight excluding hydrogens is 468 g/mol. The molecule has 12 heteroatoms. The number of anilines is 1. The van der Waals surface area contributed by atoms with Crippen LogP contribution in [0.3, 0.4) is 0 Å². The number of fused-ring (bicyclic) bond motifs is 2. The van der Waals surface area contributed by atoms with Gasteiger partial charge in [-0.05, 0) is 12.8 Å². The third-order valence-electron chi connectivity index (χ3n) is 6.85. The SMILES string of the molecule is O=C(O)CC1OC(n2cnc3c(NC(=O)NC4CCCC4)ncnc32)C2OC(c3ccccc3)OC12. The number of hydrogen-bond donors (Lipinski definition) is 3. The van der Waals surface area contributed by atoms with E-state index >= 15 is 0 Å². The van der Waals surface area contributed by atoms with Crippen molar-refractivity contribution in [2.75, 3.05) is 5.32 Å². The minimum absolute atomic E-state index is 0.159. The molecule has 12 nitrogen and oxygen atoms in total. The zero-order valence-electron chi connectivity index (χ0n) is 19.3. The minimum Gasteiger partial charge on any atom is -0.481 e. The van der Waals surface area contributed by atoms with Crippen LogP contribution in [0.25, 0.3) is 11.2 Å². The van der Waals surface area contributed by atoms with Gasteiger partial charge in [-0.1, -0.05) is 43.2 Å². The number of nitrogens with one attached hydrogen (secondary N) is 2. The molecule has 5 atom stereocenters. The van der Waals surface area contributed by atoms with Crippen LogP contribution < -0.4 is 10.6 Å². The molecule has 3 fully saturated rings. The highest BCUT2D eigenvalue weighted by atomic mass is 16.8. The second-order valence-corrected chi connectivity index (χ2v) is 9.23. The molecule has 3 aromatic rings. The number of carbonyl (C=O) groups excluding carboxylic acids is 1. The molecule has 36 heavy (non-hydrogen) atoms. The van der Waals surface area contributed by atoms with Crippen LogP contribution in [0.2, 0.25) is 0 Å². The Morgan fingerprint density at radius 2 is 1.81 bits per heavy atom. The number of carboxylic acids is 1. The smallest absolute Gasteiger partial charge is 0.320 e. The topological polar surface area (TPSA) is 150 Å². The standard InChI is InChI=1S/C24H26N6O6/c31-16(32)10-15-18-19(36-23(35-18)13-6-2-1-3-7-13)22(34-15)30-12-27-17-20(25-11-26-21(17)30)29-24(33)28-14-8-4-5-9-14/h1-3,6-7,11-12,14-15,18-19,22-23H,4-5,8-10H2,(H,31,32)(H2,25,26,28,29,33). The largest absolute Gasteiger partial charge is 0.481 e. The third-order valence-corrected chi connectivity index (χ3v) is 6.85. The number of ether oxygens (including phenoxy) is 3. The van der Waals surface area contributed by atoms with Crippen molar-refractivity contribution in [1.29, 1.82) is 0 Å². The molecule has 0 bridgehead atoms. The highest BCUT2D eigenvalue weighted by Gasteiger charge is 2.54. The summed E-state index contributed by atoms with van der Waals surface area (Å²) in [4.78, 5) is 37.0. The van der Waals surface area contributed by atoms with Crippen molar-refractivity contribution < 1.29 is 28.9 Å². The number of carbonyl (C=O) groups is 2. The number of nitrogens with zero attached hydrogens (tertiary/aromatic N) is 4. The van der Waals surface area contributed by atoms with Gasteiger partial charge in [-0.15, -0.1) is 0 Å². The molecule has 4 heterocycles. The predicted octanol–water partition coefficient (Wildman–Crippen LogP) is 2.75. The second-order valence-electron chi connectivity index (χ2n) is 9.23. The maximum atomic E-state index is 12.5. The van der Waals surface area contributed by atoms with Gasteiger partial charge in [-0.3, -0.25) is 14.7 Å². The molecule has 0 radical (unpaired) electrons. The molecule has 1 aromatic carbocycles. The molecule has 5 unspecified atom stereocenters. The third kappa shape index (κ3) is 4.27. The van der Waals surface area contributed by atoms with Crippen LogP contribution in [0.4, 0.5) is 10.6 Å². The molecule has 3 N–H and O–H groups in total. The van der Waals surface area contributed by atoms with Gasteiger partial charge in [0.1, 0.15) is 18.5 Å². The maximum absolute atomic E-state index is 12.5. The number of benzene rings is 1. The summed E-state index contributed by atoms with van der Waals surface area (Å²) in [5.41, 5.74) is 1.64.